The Balaban J connectivity index is 2.02. The normalized spacial score (nSPS) is 10.7. The number of carbonyl (C=O) groups excluding carboxylic acids is 1. The largest absolute Gasteiger partial charge is 0.468 e. The highest BCUT2D eigenvalue weighted by Crippen LogP contribution is 2.13. The Bertz CT molecular complexity index is 534. The summed E-state index contributed by atoms with van der Waals surface area (Å²) >= 11 is 0. The minimum atomic E-state index is -0.260. The van der Waals surface area contributed by atoms with Crippen molar-refractivity contribution in [3.05, 3.63) is 30.1 Å². The molecule has 0 saturated carbocycles. The number of fused-ring (bicyclic) bond motifs is 1. The van der Waals surface area contributed by atoms with E-state index in [1.165, 1.54) is 7.11 Å². The third-order valence-corrected chi connectivity index (χ3v) is 2.62. The zero-order chi connectivity index (χ0) is 12.3. The van der Waals surface area contributed by atoms with Gasteiger partial charge in [0.05, 0.1) is 31.0 Å². The summed E-state index contributed by atoms with van der Waals surface area (Å²) in [7, 11) is 3.34. The molecule has 5 nitrogen and oxygen atoms in total. The highest BCUT2D eigenvalue weighted by Gasteiger charge is 2.02. The molecule has 2 aromatic rings. The number of aryl methyl sites for hydroxylation is 1. The average molecular weight is 233 g/mol. The fourth-order valence-electron chi connectivity index (χ4n) is 1.67. The van der Waals surface area contributed by atoms with Gasteiger partial charge in [-0.3, -0.25) is 4.79 Å². The van der Waals surface area contributed by atoms with Crippen LogP contribution >= 0.6 is 0 Å². The van der Waals surface area contributed by atoms with Crippen molar-refractivity contribution < 1.29 is 9.53 Å². The third-order valence-electron chi connectivity index (χ3n) is 2.62. The summed E-state index contributed by atoms with van der Waals surface area (Å²) in [5, 5.41) is 3.01. The maximum atomic E-state index is 10.9. The van der Waals surface area contributed by atoms with Gasteiger partial charge in [0.1, 0.15) is 0 Å². The summed E-state index contributed by atoms with van der Waals surface area (Å²) in [6.07, 6.45) is 1.79. The van der Waals surface area contributed by atoms with Crippen molar-refractivity contribution in [1.29, 1.82) is 0 Å². The molecule has 0 saturated heterocycles. The van der Waals surface area contributed by atoms with E-state index in [1.54, 1.807) is 6.33 Å². The van der Waals surface area contributed by atoms with Crippen LogP contribution in [0.15, 0.2) is 24.5 Å². The molecule has 17 heavy (non-hydrogen) atoms. The van der Waals surface area contributed by atoms with E-state index in [0.717, 1.165) is 16.6 Å². The summed E-state index contributed by atoms with van der Waals surface area (Å²) < 4.78 is 6.52. The van der Waals surface area contributed by atoms with Crippen molar-refractivity contribution in [2.45, 2.75) is 6.54 Å². The zero-order valence-corrected chi connectivity index (χ0v) is 9.93. The first-order chi connectivity index (χ1) is 8.20. The van der Waals surface area contributed by atoms with Gasteiger partial charge in [-0.2, -0.15) is 0 Å². The second-order valence-electron chi connectivity index (χ2n) is 3.86. The van der Waals surface area contributed by atoms with Crippen molar-refractivity contribution in [3.63, 3.8) is 0 Å². The Labute approximate surface area is 99.4 Å². The van der Waals surface area contributed by atoms with Crippen molar-refractivity contribution >= 4 is 17.0 Å². The number of nitrogens with zero attached hydrogens (tertiary/aromatic N) is 2. The summed E-state index contributed by atoms with van der Waals surface area (Å²) in [6.45, 7) is 0.846. The summed E-state index contributed by atoms with van der Waals surface area (Å²) in [6, 6.07) is 6.06. The van der Waals surface area contributed by atoms with E-state index in [4.69, 9.17) is 0 Å². The molecule has 90 valence electrons. The first kappa shape index (κ1) is 11.6. The standard InChI is InChI=1S/C12H15N3O2/c1-15-8-14-10-5-9(3-4-11(10)15)6-13-7-12(16)17-2/h3-5,8,13H,6-7H2,1-2H3. The molecule has 0 aliphatic carbocycles. The summed E-state index contributed by atoms with van der Waals surface area (Å²) in [5.41, 5.74) is 3.16. The van der Waals surface area contributed by atoms with Crippen molar-refractivity contribution in [3.8, 4) is 0 Å². The minimum Gasteiger partial charge on any atom is -0.468 e. The van der Waals surface area contributed by atoms with Crippen LogP contribution in [0.1, 0.15) is 5.56 Å². The van der Waals surface area contributed by atoms with Gasteiger partial charge in [-0.05, 0) is 17.7 Å². The lowest BCUT2D eigenvalue weighted by Crippen LogP contribution is -2.23. The number of esters is 1. The number of rotatable bonds is 4. The van der Waals surface area contributed by atoms with Crippen LogP contribution in [0.3, 0.4) is 0 Å². The van der Waals surface area contributed by atoms with Crippen LogP contribution in [0.5, 0.6) is 0 Å². The first-order valence-electron chi connectivity index (χ1n) is 5.38. The van der Waals surface area contributed by atoms with Gasteiger partial charge in [-0.1, -0.05) is 6.07 Å². The molecule has 5 heteroatoms. The molecule has 0 atom stereocenters. The van der Waals surface area contributed by atoms with E-state index < -0.39 is 0 Å². The van der Waals surface area contributed by atoms with Crippen molar-refractivity contribution in [2.24, 2.45) is 7.05 Å². The van der Waals surface area contributed by atoms with Gasteiger partial charge >= 0.3 is 5.97 Å². The van der Waals surface area contributed by atoms with Crippen LogP contribution in [0.25, 0.3) is 11.0 Å². The van der Waals surface area contributed by atoms with Gasteiger partial charge in [0.25, 0.3) is 0 Å². The number of methoxy groups -OCH3 is 1. The lowest BCUT2D eigenvalue weighted by molar-refractivity contribution is -0.139. The maximum Gasteiger partial charge on any atom is 0.319 e. The second-order valence-corrected chi connectivity index (χ2v) is 3.86. The highest BCUT2D eigenvalue weighted by atomic mass is 16.5. The maximum absolute atomic E-state index is 10.9. The van der Waals surface area contributed by atoms with Crippen LogP contribution in [-0.4, -0.2) is 29.2 Å². The van der Waals surface area contributed by atoms with Crippen LogP contribution in [0.2, 0.25) is 0 Å². The summed E-state index contributed by atoms with van der Waals surface area (Å²) in [4.78, 5) is 15.2. The Morgan fingerprint density at radius 3 is 3.12 bits per heavy atom. The van der Waals surface area contributed by atoms with Gasteiger partial charge in [-0.25, -0.2) is 4.98 Å². The summed E-state index contributed by atoms with van der Waals surface area (Å²) in [5.74, 6) is -0.260. The van der Waals surface area contributed by atoms with Gasteiger partial charge in [0.2, 0.25) is 0 Å². The molecule has 1 aromatic carbocycles. The lowest BCUT2D eigenvalue weighted by Gasteiger charge is -2.04. The fraction of sp³-hybridized carbons (Fsp3) is 0.333. The van der Waals surface area contributed by atoms with Crippen LogP contribution in [0.4, 0.5) is 0 Å². The van der Waals surface area contributed by atoms with Gasteiger partial charge in [-0.15, -0.1) is 0 Å². The van der Waals surface area contributed by atoms with Gasteiger partial charge < -0.3 is 14.6 Å². The first-order valence-corrected chi connectivity index (χ1v) is 5.38. The number of aromatic nitrogens is 2. The third kappa shape index (κ3) is 2.62. The predicted molar refractivity (Wildman–Crippen MR) is 64.4 cm³/mol. The number of benzene rings is 1. The fourth-order valence-corrected chi connectivity index (χ4v) is 1.67. The molecule has 0 amide bonds. The SMILES string of the molecule is COC(=O)CNCc1ccc2c(c1)ncn2C. The van der Waals surface area contributed by atoms with Crippen LogP contribution in [-0.2, 0) is 23.1 Å². The number of imidazole rings is 1. The van der Waals surface area contributed by atoms with E-state index >= 15 is 0 Å². The molecule has 0 aliphatic heterocycles. The van der Waals surface area contributed by atoms with Crippen LogP contribution in [0, 0.1) is 0 Å². The molecule has 0 radical (unpaired) electrons. The number of ether oxygens (including phenoxy) is 1. The molecule has 0 bridgehead atoms. The van der Waals surface area contributed by atoms with E-state index in [9.17, 15) is 4.79 Å². The topological polar surface area (TPSA) is 56.1 Å². The predicted octanol–water partition coefficient (Wildman–Crippen LogP) is 0.836. The number of nitrogens with one attached hydrogen (secondary N) is 1. The molecular formula is C12H15N3O2. The minimum absolute atomic E-state index is 0.219. The Morgan fingerprint density at radius 1 is 1.53 bits per heavy atom. The second kappa shape index (κ2) is 4.97. The van der Waals surface area contributed by atoms with Crippen LogP contribution < -0.4 is 5.32 Å². The molecular weight excluding hydrogens is 218 g/mol. The lowest BCUT2D eigenvalue weighted by atomic mass is 10.2. The van der Waals surface area contributed by atoms with E-state index in [-0.39, 0.29) is 12.5 Å². The van der Waals surface area contributed by atoms with E-state index in [0.29, 0.717) is 6.54 Å². The van der Waals surface area contributed by atoms with Gasteiger partial charge in [0, 0.05) is 13.6 Å². The quantitative estimate of drug-likeness (QED) is 0.795. The molecule has 2 rings (SSSR count). The number of carbonyl (C=O) groups is 1. The molecule has 1 heterocycles. The Kier molecular flexibility index (Phi) is 3.39. The smallest absolute Gasteiger partial charge is 0.319 e. The van der Waals surface area contributed by atoms with E-state index in [2.05, 4.69) is 15.0 Å². The highest BCUT2D eigenvalue weighted by molar-refractivity contribution is 5.76. The molecule has 0 spiro atoms. The Morgan fingerprint density at radius 2 is 2.35 bits per heavy atom. The molecule has 0 fully saturated rings. The molecule has 1 aromatic heterocycles. The average Bonchev–Trinajstić information content (AvgIpc) is 2.70. The van der Waals surface area contributed by atoms with Crippen molar-refractivity contribution in [2.75, 3.05) is 13.7 Å². The zero-order valence-electron chi connectivity index (χ0n) is 9.93. The molecule has 1 N–H and O–H groups in total. The Hall–Kier alpha value is -1.88. The number of hydrogen-bond donors (Lipinski definition) is 1. The van der Waals surface area contributed by atoms with Gasteiger partial charge in [0.15, 0.2) is 0 Å². The molecule has 0 aliphatic rings. The van der Waals surface area contributed by atoms with E-state index in [1.807, 2.05) is 29.8 Å². The number of hydrogen-bond acceptors (Lipinski definition) is 4. The monoisotopic (exact) mass is 233 g/mol. The molecule has 0 unspecified atom stereocenters. The van der Waals surface area contributed by atoms with Crippen molar-refractivity contribution in [1.82, 2.24) is 14.9 Å².